The molecule has 7 nitrogen and oxygen atoms in total. The van der Waals surface area contributed by atoms with E-state index in [1.54, 1.807) is 7.05 Å². The van der Waals surface area contributed by atoms with Gasteiger partial charge >= 0.3 is 0 Å². The number of likely N-dealkylation sites (N-methyl/N-ethyl adjacent to an activating group) is 1. The lowest BCUT2D eigenvalue weighted by atomic mass is 10.0. The average molecular weight is 487 g/mol. The lowest BCUT2D eigenvalue weighted by Gasteiger charge is -2.21. The van der Waals surface area contributed by atoms with Crippen molar-refractivity contribution in [2.24, 2.45) is 7.05 Å². The van der Waals surface area contributed by atoms with Crippen LogP contribution in [0.15, 0.2) is 33.5 Å². The van der Waals surface area contributed by atoms with Crippen molar-refractivity contribution in [3.8, 4) is 11.1 Å². The van der Waals surface area contributed by atoms with E-state index >= 15 is 0 Å². The molecule has 0 aliphatic carbocycles. The Bertz CT molecular complexity index is 1250. The second-order valence-corrected chi connectivity index (χ2v) is 10.1. The molecule has 9 heteroatoms. The van der Waals surface area contributed by atoms with E-state index in [0.717, 1.165) is 11.1 Å². The Hall–Kier alpha value is -2.65. The SMILES string of the molecule is CCN(CC(=O)NC(C)C)C(=O)CSc1nc2scc(-c3ccc(C)c(C)c3)c2c(=O)n1C. The van der Waals surface area contributed by atoms with Gasteiger partial charge in [0.2, 0.25) is 11.8 Å². The molecule has 3 rings (SSSR count). The van der Waals surface area contributed by atoms with Gasteiger partial charge in [0.05, 0.1) is 17.7 Å². The van der Waals surface area contributed by atoms with Gasteiger partial charge in [0.25, 0.3) is 5.56 Å². The van der Waals surface area contributed by atoms with Gasteiger partial charge in [-0.15, -0.1) is 11.3 Å². The van der Waals surface area contributed by atoms with Gasteiger partial charge in [-0.3, -0.25) is 19.0 Å². The predicted molar refractivity (Wildman–Crippen MR) is 136 cm³/mol. The molecule has 0 fully saturated rings. The summed E-state index contributed by atoms with van der Waals surface area (Å²) >= 11 is 2.64. The Kier molecular flexibility index (Phi) is 7.97. The molecule has 0 bridgehead atoms. The molecule has 2 aromatic heterocycles. The highest BCUT2D eigenvalue weighted by molar-refractivity contribution is 7.99. The molecular formula is C24H30N4O3S2. The summed E-state index contributed by atoms with van der Waals surface area (Å²) in [7, 11) is 1.68. The lowest BCUT2D eigenvalue weighted by molar-refractivity contribution is -0.134. The van der Waals surface area contributed by atoms with Crippen molar-refractivity contribution in [2.75, 3.05) is 18.8 Å². The zero-order valence-electron chi connectivity index (χ0n) is 19.9. The van der Waals surface area contributed by atoms with Crippen LogP contribution >= 0.6 is 23.1 Å². The Labute approximate surface area is 202 Å². The number of thioether (sulfide) groups is 1. The maximum absolute atomic E-state index is 13.2. The van der Waals surface area contributed by atoms with Gasteiger partial charge < -0.3 is 10.2 Å². The van der Waals surface area contributed by atoms with Crippen molar-refractivity contribution in [3.63, 3.8) is 0 Å². The topological polar surface area (TPSA) is 84.3 Å². The summed E-state index contributed by atoms with van der Waals surface area (Å²) in [6, 6.07) is 6.19. The number of aromatic nitrogens is 2. The maximum atomic E-state index is 13.2. The fraction of sp³-hybridized carbons (Fsp3) is 0.417. The molecule has 0 saturated heterocycles. The molecule has 1 aromatic carbocycles. The molecule has 2 amide bonds. The third-order valence-electron chi connectivity index (χ3n) is 5.44. The van der Waals surface area contributed by atoms with Gasteiger partial charge in [-0.2, -0.15) is 0 Å². The van der Waals surface area contributed by atoms with E-state index in [2.05, 4.69) is 36.3 Å². The van der Waals surface area contributed by atoms with Crippen LogP contribution in [-0.2, 0) is 16.6 Å². The average Bonchev–Trinajstić information content (AvgIpc) is 3.18. The summed E-state index contributed by atoms with van der Waals surface area (Å²) in [6.45, 7) is 10.2. The van der Waals surface area contributed by atoms with E-state index in [0.29, 0.717) is 21.9 Å². The standard InChI is InChI=1S/C24H30N4O3S2/c1-7-28(11-19(29)25-14(2)3)20(30)13-33-24-26-22-21(23(31)27(24)6)18(12-32-22)17-9-8-15(4)16(5)10-17/h8-10,12,14H,7,11,13H2,1-6H3,(H,25,29). The molecule has 2 heterocycles. The van der Waals surface area contributed by atoms with Crippen molar-refractivity contribution in [2.45, 2.75) is 45.8 Å². The number of nitrogens with zero attached hydrogens (tertiary/aromatic N) is 3. The number of aryl methyl sites for hydroxylation is 2. The van der Waals surface area contributed by atoms with E-state index < -0.39 is 0 Å². The minimum absolute atomic E-state index is 0.0176. The van der Waals surface area contributed by atoms with Crippen molar-refractivity contribution >= 4 is 45.1 Å². The summed E-state index contributed by atoms with van der Waals surface area (Å²) in [5, 5.41) is 5.85. The van der Waals surface area contributed by atoms with Crippen molar-refractivity contribution < 1.29 is 9.59 Å². The molecule has 33 heavy (non-hydrogen) atoms. The molecule has 0 aliphatic heterocycles. The van der Waals surface area contributed by atoms with Gasteiger partial charge in [-0.25, -0.2) is 4.98 Å². The van der Waals surface area contributed by atoms with Gasteiger partial charge in [-0.05, 0) is 51.3 Å². The molecular weight excluding hydrogens is 456 g/mol. The first-order valence-corrected chi connectivity index (χ1v) is 12.7. The summed E-state index contributed by atoms with van der Waals surface area (Å²) in [6.07, 6.45) is 0. The number of carbonyl (C=O) groups excluding carboxylic acids is 2. The highest BCUT2D eigenvalue weighted by atomic mass is 32.2. The fourth-order valence-corrected chi connectivity index (χ4v) is 5.30. The van der Waals surface area contributed by atoms with Gasteiger partial charge in [0.15, 0.2) is 5.16 Å². The number of fused-ring (bicyclic) bond motifs is 1. The number of nitrogens with one attached hydrogen (secondary N) is 1. The van der Waals surface area contributed by atoms with Gasteiger partial charge in [0, 0.05) is 30.6 Å². The number of amides is 2. The van der Waals surface area contributed by atoms with Crippen LogP contribution in [0.4, 0.5) is 0 Å². The van der Waals surface area contributed by atoms with E-state index in [9.17, 15) is 14.4 Å². The minimum Gasteiger partial charge on any atom is -0.352 e. The lowest BCUT2D eigenvalue weighted by Crippen LogP contribution is -2.43. The number of rotatable bonds is 8. The Morgan fingerprint density at radius 3 is 2.61 bits per heavy atom. The third kappa shape index (κ3) is 5.65. The number of hydrogen-bond acceptors (Lipinski definition) is 6. The van der Waals surface area contributed by atoms with E-state index in [4.69, 9.17) is 0 Å². The summed E-state index contributed by atoms with van der Waals surface area (Å²) < 4.78 is 1.50. The van der Waals surface area contributed by atoms with Crippen LogP contribution in [0.3, 0.4) is 0 Å². The molecule has 0 aliphatic rings. The van der Waals surface area contributed by atoms with Gasteiger partial charge in [-0.1, -0.05) is 30.0 Å². The molecule has 176 valence electrons. The molecule has 0 unspecified atom stereocenters. The van der Waals surface area contributed by atoms with Crippen LogP contribution in [0.2, 0.25) is 0 Å². The molecule has 0 atom stereocenters. The second kappa shape index (κ2) is 10.5. The summed E-state index contributed by atoms with van der Waals surface area (Å²) in [5.41, 5.74) is 4.12. The van der Waals surface area contributed by atoms with Crippen molar-refractivity contribution in [3.05, 3.63) is 45.1 Å². The monoisotopic (exact) mass is 486 g/mol. The quantitative estimate of drug-likeness (QED) is 0.387. The molecule has 0 spiro atoms. The summed E-state index contributed by atoms with van der Waals surface area (Å²) in [5.74, 6) is -0.253. The Morgan fingerprint density at radius 1 is 1.24 bits per heavy atom. The van der Waals surface area contributed by atoms with Gasteiger partial charge in [0.1, 0.15) is 4.83 Å². The van der Waals surface area contributed by atoms with Crippen LogP contribution in [0.25, 0.3) is 21.3 Å². The highest BCUT2D eigenvalue weighted by Crippen LogP contribution is 2.33. The maximum Gasteiger partial charge on any atom is 0.263 e. The zero-order chi connectivity index (χ0) is 24.3. The molecule has 3 aromatic rings. The Morgan fingerprint density at radius 2 is 1.97 bits per heavy atom. The zero-order valence-corrected chi connectivity index (χ0v) is 21.5. The predicted octanol–water partition coefficient (Wildman–Crippen LogP) is 3.74. The highest BCUT2D eigenvalue weighted by Gasteiger charge is 2.19. The summed E-state index contributed by atoms with van der Waals surface area (Å²) in [4.78, 5) is 44.8. The third-order valence-corrected chi connectivity index (χ3v) is 7.32. The van der Waals surface area contributed by atoms with Crippen LogP contribution in [0.1, 0.15) is 31.9 Å². The van der Waals surface area contributed by atoms with E-state index in [1.807, 2.05) is 32.2 Å². The number of carbonyl (C=O) groups is 2. The van der Waals surface area contributed by atoms with Crippen LogP contribution in [0.5, 0.6) is 0 Å². The first-order chi connectivity index (χ1) is 15.6. The van der Waals surface area contributed by atoms with Crippen molar-refractivity contribution in [1.82, 2.24) is 19.8 Å². The first kappa shape index (κ1) is 25.0. The first-order valence-electron chi connectivity index (χ1n) is 10.9. The fourth-order valence-electron chi connectivity index (χ4n) is 3.44. The van der Waals surface area contributed by atoms with Crippen molar-refractivity contribution in [1.29, 1.82) is 0 Å². The molecule has 0 radical (unpaired) electrons. The van der Waals surface area contributed by atoms with E-state index in [1.165, 1.54) is 43.7 Å². The number of benzene rings is 1. The number of thiophene rings is 1. The second-order valence-electron chi connectivity index (χ2n) is 8.31. The van der Waals surface area contributed by atoms with Crippen LogP contribution in [0, 0.1) is 13.8 Å². The largest absolute Gasteiger partial charge is 0.352 e. The molecule has 1 N–H and O–H groups in total. The number of hydrogen-bond donors (Lipinski definition) is 1. The van der Waals surface area contributed by atoms with Crippen LogP contribution in [-0.4, -0.2) is 51.1 Å². The van der Waals surface area contributed by atoms with E-state index in [-0.39, 0.29) is 35.7 Å². The molecule has 0 saturated carbocycles. The van der Waals surface area contributed by atoms with Crippen LogP contribution < -0.4 is 10.9 Å². The normalized spacial score (nSPS) is 11.2. The minimum atomic E-state index is -0.186. The smallest absolute Gasteiger partial charge is 0.263 e. The Balaban J connectivity index is 1.81.